The summed E-state index contributed by atoms with van der Waals surface area (Å²) in [4.78, 5) is 66.1. The number of hydrogen-bond donors (Lipinski definition) is 3. The smallest absolute Gasteiger partial charge is 0.414 e. The van der Waals surface area contributed by atoms with Gasteiger partial charge in [-0.05, 0) is 87.6 Å². The maximum absolute atomic E-state index is 15.2. The second-order valence-electron chi connectivity index (χ2n) is 16.1. The number of aromatic nitrogens is 2. The highest BCUT2D eigenvalue weighted by molar-refractivity contribution is 6.01. The molecule has 0 radical (unpaired) electrons. The molecule has 5 heterocycles. The standard InChI is InChI=1S/C42H51F2N9O5/c43-33-24-31(46-35-10-12-37(54)48-39(35)55)9-11-36(33)51-20-18-50(19-21-51)26-27-5-7-28(8-6-27)40(56)52-16-13-30(14-17-52)47-41-45-25-34(44)38(49-41)29-3-1-4-32(23-29)53-15-2-22-58-42(53)57/h1,3-4,9,11,23-25,27-28,30,35,46H,2,5-8,10,12-22,26H2,(H,45,47,49)(H,48,54,55)/t27-,28-,35?. The highest BCUT2D eigenvalue weighted by atomic mass is 19.1. The maximum Gasteiger partial charge on any atom is 0.414 e. The number of hydrogen-bond acceptors (Lipinski definition) is 11. The predicted molar refractivity (Wildman–Crippen MR) is 214 cm³/mol. The summed E-state index contributed by atoms with van der Waals surface area (Å²) >= 11 is 0. The first-order chi connectivity index (χ1) is 28.2. The number of halogens is 2. The number of piperazine rings is 1. The van der Waals surface area contributed by atoms with Gasteiger partial charge in [0.25, 0.3) is 0 Å². The zero-order valence-corrected chi connectivity index (χ0v) is 32.6. The quantitative estimate of drug-likeness (QED) is 0.237. The fraction of sp³-hybridized carbons (Fsp3) is 0.524. The molecule has 58 heavy (non-hydrogen) atoms. The van der Waals surface area contributed by atoms with E-state index >= 15 is 4.39 Å². The number of anilines is 4. The Labute approximate surface area is 336 Å². The molecule has 1 atom stereocenters. The molecule has 0 bridgehead atoms. The van der Waals surface area contributed by atoms with Gasteiger partial charge in [0.05, 0.1) is 18.5 Å². The third-order valence-corrected chi connectivity index (χ3v) is 12.2. The van der Waals surface area contributed by atoms with Crippen molar-refractivity contribution in [2.45, 2.75) is 69.9 Å². The highest BCUT2D eigenvalue weighted by Crippen LogP contribution is 2.33. The van der Waals surface area contributed by atoms with E-state index in [0.29, 0.717) is 67.2 Å². The molecule has 4 amide bonds. The zero-order chi connectivity index (χ0) is 40.2. The summed E-state index contributed by atoms with van der Waals surface area (Å²) in [7, 11) is 0. The van der Waals surface area contributed by atoms with E-state index in [-0.39, 0.29) is 47.6 Å². The van der Waals surface area contributed by atoms with Gasteiger partial charge in [-0.1, -0.05) is 12.1 Å². The summed E-state index contributed by atoms with van der Waals surface area (Å²) in [5.74, 6) is -0.430. The third-order valence-electron chi connectivity index (χ3n) is 12.2. The largest absolute Gasteiger partial charge is 0.449 e. The van der Waals surface area contributed by atoms with E-state index in [1.807, 2.05) is 4.90 Å². The second kappa shape index (κ2) is 17.6. The van der Waals surface area contributed by atoms with Crippen molar-refractivity contribution in [3.8, 4) is 11.3 Å². The van der Waals surface area contributed by atoms with Gasteiger partial charge >= 0.3 is 6.09 Å². The van der Waals surface area contributed by atoms with Crippen molar-refractivity contribution in [2.24, 2.45) is 11.8 Å². The van der Waals surface area contributed by atoms with Gasteiger partial charge in [-0.15, -0.1) is 0 Å². The van der Waals surface area contributed by atoms with Crippen LogP contribution >= 0.6 is 0 Å². The van der Waals surface area contributed by atoms with Crippen molar-refractivity contribution >= 4 is 46.8 Å². The summed E-state index contributed by atoms with van der Waals surface area (Å²) in [6.07, 6.45) is 7.38. The SMILES string of the molecule is O=C1CCC(Nc2ccc(N3CCN(C[C@H]4CC[C@H](C(=O)N5CCC(Nc6ncc(F)c(-c7cccc(N8CCCOC8=O)c7)n6)CC5)CC4)CC3)c(F)c2)C(=O)N1. The van der Waals surface area contributed by atoms with Gasteiger partial charge in [0.2, 0.25) is 23.7 Å². The number of carbonyl (C=O) groups excluding carboxylic acids is 4. The summed E-state index contributed by atoms with van der Waals surface area (Å²) in [5, 5.41) is 8.72. The van der Waals surface area contributed by atoms with Crippen LogP contribution in [0.4, 0.5) is 36.6 Å². The Morgan fingerprint density at radius 3 is 2.40 bits per heavy atom. The lowest BCUT2D eigenvalue weighted by Gasteiger charge is -2.40. The Kier molecular flexibility index (Phi) is 12.0. The number of benzene rings is 2. The van der Waals surface area contributed by atoms with Crippen LogP contribution in [0.15, 0.2) is 48.7 Å². The summed E-state index contributed by atoms with van der Waals surface area (Å²) in [6.45, 7) is 6.30. The van der Waals surface area contributed by atoms with Crippen LogP contribution < -0.4 is 25.8 Å². The molecule has 0 spiro atoms. The van der Waals surface area contributed by atoms with Gasteiger partial charge < -0.3 is 25.2 Å². The van der Waals surface area contributed by atoms with Gasteiger partial charge in [-0.3, -0.25) is 29.5 Å². The van der Waals surface area contributed by atoms with Gasteiger partial charge in [0.15, 0.2) is 5.82 Å². The fourth-order valence-electron chi connectivity index (χ4n) is 8.95. The van der Waals surface area contributed by atoms with Crippen molar-refractivity contribution in [1.82, 2.24) is 25.1 Å². The van der Waals surface area contributed by atoms with Gasteiger partial charge in [0.1, 0.15) is 17.6 Å². The first-order valence-electron chi connectivity index (χ1n) is 20.7. The normalized spacial score (nSPS) is 23.7. The van der Waals surface area contributed by atoms with Crippen LogP contribution in [0.2, 0.25) is 0 Å². The Bertz CT molecular complexity index is 2000. The number of amides is 4. The fourth-order valence-corrected chi connectivity index (χ4v) is 8.95. The van der Waals surface area contributed by atoms with Crippen LogP contribution in [0, 0.1) is 23.5 Å². The van der Waals surface area contributed by atoms with E-state index < -0.39 is 18.0 Å². The number of ether oxygens (including phenoxy) is 1. The summed E-state index contributed by atoms with van der Waals surface area (Å²) < 4.78 is 35.3. The first-order valence-corrected chi connectivity index (χ1v) is 20.7. The lowest BCUT2D eigenvalue weighted by molar-refractivity contribution is -0.138. The number of carbonyl (C=O) groups is 4. The molecule has 1 aromatic heterocycles. The number of piperidine rings is 2. The molecule has 2 aromatic carbocycles. The number of rotatable bonds is 10. The molecule has 3 aromatic rings. The van der Waals surface area contributed by atoms with Crippen LogP contribution in [0.5, 0.6) is 0 Å². The van der Waals surface area contributed by atoms with Gasteiger partial charge in [0, 0.05) is 87.7 Å². The molecule has 8 rings (SSSR count). The Morgan fingerprint density at radius 1 is 0.862 bits per heavy atom. The van der Waals surface area contributed by atoms with Crippen molar-refractivity contribution in [2.75, 3.05) is 79.4 Å². The minimum atomic E-state index is -0.560. The summed E-state index contributed by atoms with van der Waals surface area (Å²) in [6, 6.07) is 11.5. The van der Waals surface area contributed by atoms with Crippen LogP contribution in [0.25, 0.3) is 11.3 Å². The van der Waals surface area contributed by atoms with Crippen LogP contribution in [-0.2, 0) is 19.1 Å². The van der Waals surface area contributed by atoms with Crippen LogP contribution in [-0.4, -0.2) is 115 Å². The highest BCUT2D eigenvalue weighted by Gasteiger charge is 2.33. The van der Waals surface area contributed by atoms with E-state index in [1.165, 1.54) is 11.0 Å². The molecule has 4 saturated heterocycles. The Hall–Kier alpha value is -5.38. The molecule has 16 heteroatoms. The minimum Gasteiger partial charge on any atom is -0.449 e. The average Bonchev–Trinajstić information content (AvgIpc) is 3.23. The first kappa shape index (κ1) is 39.4. The van der Waals surface area contributed by atoms with Gasteiger partial charge in [-0.25, -0.2) is 23.5 Å². The van der Waals surface area contributed by atoms with Crippen molar-refractivity contribution < 1.29 is 32.7 Å². The van der Waals surface area contributed by atoms with Crippen LogP contribution in [0.1, 0.15) is 57.8 Å². The molecule has 4 aliphatic heterocycles. The number of cyclic esters (lactones) is 1. The second-order valence-corrected chi connectivity index (χ2v) is 16.1. The third kappa shape index (κ3) is 9.16. The predicted octanol–water partition coefficient (Wildman–Crippen LogP) is 5.02. The molecule has 308 valence electrons. The maximum atomic E-state index is 15.2. The lowest BCUT2D eigenvalue weighted by atomic mass is 9.80. The van der Waals surface area contributed by atoms with Crippen molar-refractivity contribution in [1.29, 1.82) is 0 Å². The number of nitrogens with zero attached hydrogens (tertiary/aromatic N) is 6. The average molecular weight is 800 g/mol. The summed E-state index contributed by atoms with van der Waals surface area (Å²) in [5.41, 5.74) is 2.37. The van der Waals surface area contributed by atoms with Crippen LogP contribution in [0.3, 0.4) is 0 Å². The van der Waals surface area contributed by atoms with E-state index in [4.69, 9.17) is 4.74 Å². The van der Waals surface area contributed by atoms with Crippen molar-refractivity contribution in [3.63, 3.8) is 0 Å². The molecule has 1 saturated carbocycles. The number of likely N-dealkylation sites (tertiary alicyclic amines) is 1. The van der Waals surface area contributed by atoms with Crippen molar-refractivity contribution in [3.05, 3.63) is 60.3 Å². The van der Waals surface area contributed by atoms with Gasteiger partial charge in [-0.2, -0.15) is 0 Å². The minimum absolute atomic E-state index is 0.0403. The Morgan fingerprint density at radius 2 is 1.66 bits per heavy atom. The molecule has 1 aliphatic carbocycles. The molecular formula is C42H51F2N9O5. The van der Waals surface area contributed by atoms with E-state index in [1.54, 1.807) is 36.4 Å². The van der Waals surface area contributed by atoms with E-state index in [0.717, 1.165) is 83.9 Å². The zero-order valence-electron chi connectivity index (χ0n) is 32.6. The molecule has 5 fully saturated rings. The Balaban J connectivity index is 0.755. The molecule has 5 aliphatic rings. The topological polar surface area (TPSA) is 152 Å². The molecule has 3 N–H and O–H groups in total. The monoisotopic (exact) mass is 799 g/mol. The molecule has 1 unspecified atom stereocenters. The number of nitrogens with one attached hydrogen (secondary N) is 3. The van der Waals surface area contributed by atoms with E-state index in [2.05, 4.69) is 35.7 Å². The lowest BCUT2D eigenvalue weighted by Crippen LogP contribution is -2.49. The molecule has 14 nitrogen and oxygen atoms in total. The molecular weight excluding hydrogens is 749 g/mol. The van der Waals surface area contributed by atoms with E-state index in [9.17, 15) is 23.6 Å². The number of imide groups is 1.